The average molecular weight is 358 g/mol. The minimum absolute atomic E-state index is 0.302. The maximum atomic E-state index is 12.9. The average Bonchev–Trinajstić information content (AvgIpc) is 2.55. The monoisotopic (exact) mass is 358 g/mol. The lowest BCUT2D eigenvalue weighted by atomic mass is 10.1. The van der Waals surface area contributed by atoms with E-state index in [9.17, 15) is 14.0 Å². The molecular formula is C20H23FN2O3. The first-order valence-electron chi connectivity index (χ1n) is 8.36. The third-order valence-electron chi connectivity index (χ3n) is 3.40. The molecule has 2 aromatic rings. The molecule has 26 heavy (non-hydrogen) atoms. The second kappa shape index (κ2) is 8.47. The molecule has 0 saturated heterocycles. The fourth-order valence-corrected chi connectivity index (χ4v) is 2.18. The van der Waals surface area contributed by atoms with Gasteiger partial charge in [0.05, 0.1) is 0 Å². The molecule has 0 unspecified atom stereocenters. The van der Waals surface area contributed by atoms with Crippen LogP contribution in [0.25, 0.3) is 0 Å². The summed E-state index contributed by atoms with van der Waals surface area (Å²) < 4.78 is 18.1. The van der Waals surface area contributed by atoms with Crippen molar-refractivity contribution in [3.8, 4) is 0 Å². The maximum absolute atomic E-state index is 12.9. The van der Waals surface area contributed by atoms with Gasteiger partial charge >= 0.3 is 6.09 Å². The van der Waals surface area contributed by atoms with Crippen molar-refractivity contribution in [3.05, 3.63) is 65.5 Å². The number of benzene rings is 2. The van der Waals surface area contributed by atoms with Gasteiger partial charge in [0.2, 0.25) is 0 Å². The molecule has 0 spiro atoms. The lowest BCUT2D eigenvalue weighted by molar-refractivity contribution is 0.0528. The third-order valence-corrected chi connectivity index (χ3v) is 3.40. The van der Waals surface area contributed by atoms with Gasteiger partial charge in [-0.2, -0.15) is 0 Å². The van der Waals surface area contributed by atoms with Crippen molar-refractivity contribution in [2.45, 2.75) is 32.8 Å². The zero-order valence-electron chi connectivity index (χ0n) is 15.1. The smallest absolute Gasteiger partial charge is 0.407 e. The Morgan fingerprint density at radius 2 is 1.62 bits per heavy atom. The third kappa shape index (κ3) is 6.55. The van der Waals surface area contributed by atoms with Crippen molar-refractivity contribution in [3.63, 3.8) is 0 Å². The van der Waals surface area contributed by atoms with E-state index >= 15 is 0 Å². The van der Waals surface area contributed by atoms with E-state index in [1.165, 1.54) is 24.3 Å². The van der Waals surface area contributed by atoms with Crippen LogP contribution >= 0.6 is 0 Å². The molecule has 0 atom stereocenters. The van der Waals surface area contributed by atoms with Gasteiger partial charge in [-0.1, -0.05) is 12.1 Å². The Balaban J connectivity index is 1.81. The second-order valence-electron chi connectivity index (χ2n) is 6.84. The van der Waals surface area contributed by atoms with Crippen LogP contribution in [0.2, 0.25) is 0 Å². The Labute approximate surface area is 152 Å². The summed E-state index contributed by atoms with van der Waals surface area (Å²) in [7, 11) is 0. The number of alkyl carbamates (subject to hydrolysis) is 1. The topological polar surface area (TPSA) is 67.4 Å². The summed E-state index contributed by atoms with van der Waals surface area (Å²) in [5, 5.41) is 5.45. The van der Waals surface area contributed by atoms with Crippen LogP contribution in [-0.4, -0.2) is 24.1 Å². The van der Waals surface area contributed by atoms with Crippen molar-refractivity contribution in [2.75, 3.05) is 11.9 Å². The maximum Gasteiger partial charge on any atom is 0.407 e. The molecule has 2 rings (SSSR count). The van der Waals surface area contributed by atoms with Gasteiger partial charge in [0.25, 0.3) is 5.91 Å². The summed E-state index contributed by atoms with van der Waals surface area (Å²) in [5.74, 6) is -0.685. The summed E-state index contributed by atoms with van der Waals surface area (Å²) in [6.45, 7) is 5.89. The summed E-state index contributed by atoms with van der Waals surface area (Å²) in [6.07, 6.45) is 0.200. The Bertz CT molecular complexity index is 750. The van der Waals surface area contributed by atoms with Gasteiger partial charge in [-0.05, 0) is 69.2 Å². The fourth-order valence-electron chi connectivity index (χ4n) is 2.18. The molecule has 0 radical (unpaired) electrons. The molecule has 2 aromatic carbocycles. The lowest BCUT2D eigenvalue weighted by Crippen LogP contribution is -2.33. The number of anilines is 1. The molecule has 0 bridgehead atoms. The molecule has 138 valence electrons. The highest BCUT2D eigenvalue weighted by Crippen LogP contribution is 2.12. The Kier molecular flexibility index (Phi) is 6.33. The van der Waals surface area contributed by atoms with E-state index in [1.807, 2.05) is 32.9 Å². The molecule has 0 aliphatic heterocycles. The first-order valence-corrected chi connectivity index (χ1v) is 8.36. The molecule has 0 heterocycles. The summed E-state index contributed by atoms with van der Waals surface area (Å²) >= 11 is 0. The summed E-state index contributed by atoms with van der Waals surface area (Å²) in [4.78, 5) is 23.7. The molecule has 6 heteroatoms. The molecule has 0 fully saturated rings. The minimum Gasteiger partial charge on any atom is -0.444 e. The summed E-state index contributed by atoms with van der Waals surface area (Å²) in [5.41, 5.74) is 1.52. The zero-order valence-corrected chi connectivity index (χ0v) is 15.1. The molecule has 2 N–H and O–H groups in total. The van der Waals surface area contributed by atoms with Gasteiger partial charge in [0, 0.05) is 17.8 Å². The van der Waals surface area contributed by atoms with Crippen molar-refractivity contribution in [1.29, 1.82) is 0 Å². The van der Waals surface area contributed by atoms with Crippen molar-refractivity contribution >= 4 is 17.7 Å². The molecule has 0 aliphatic rings. The highest BCUT2D eigenvalue weighted by molar-refractivity contribution is 6.04. The molecule has 5 nitrogen and oxygen atoms in total. The van der Waals surface area contributed by atoms with Crippen LogP contribution in [-0.2, 0) is 11.2 Å². The van der Waals surface area contributed by atoms with Crippen LogP contribution in [0.5, 0.6) is 0 Å². The number of hydrogen-bond acceptors (Lipinski definition) is 3. The fraction of sp³-hybridized carbons (Fsp3) is 0.300. The van der Waals surface area contributed by atoms with Crippen molar-refractivity contribution in [1.82, 2.24) is 5.32 Å². The SMILES string of the molecule is CC(C)(C)OC(=O)NCCc1ccc(NC(=O)c2ccc(F)cc2)cc1. The number of halogens is 1. The number of nitrogens with one attached hydrogen (secondary N) is 2. The van der Waals surface area contributed by atoms with Gasteiger partial charge < -0.3 is 15.4 Å². The van der Waals surface area contributed by atoms with E-state index in [4.69, 9.17) is 4.74 Å². The summed E-state index contributed by atoms with van der Waals surface area (Å²) in [6, 6.07) is 12.7. The first-order chi connectivity index (χ1) is 12.2. The van der Waals surface area contributed by atoms with E-state index < -0.39 is 11.7 Å². The number of rotatable bonds is 5. The van der Waals surface area contributed by atoms with E-state index in [0.717, 1.165) is 5.56 Å². The molecular weight excluding hydrogens is 335 g/mol. The molecule has 0 saturated carbocycles. The Morgan fingerprint density at radius 3 is 2.19 bits per heavy atom. The largest absolute Gasteiger partial charge is 0.444 e. The van der Waals surface area contributed by atoms with Gasteiger partial charge in [-0.25, -0.2) is 9.18 Å². The van der Waals surface area contributed by atoms with Gasteiger partial charge in [-0.15, -0.1) is 0 Å². The number of carbonyl (C=O) groups is 2. The normalized spacial score (nSPS) is 10.9. The zero-order chi connectivity index (χ0) is 19.2. The number of hydrogen-bond donors (Lipinski definition) is 2. The Morgan fingerprint density at radius 1 is 1.00 bits per heavy atom. The van der Waals surface area contributed by atoms with Crippen molar-refractivity contribution in [2.24, 2.45) is 0 Å². The first kappa shape index (κ1) is 19.4. The van der Waals surface area contributed by atoms with Crippen LogP contribution in [0.3, 0.4) is 0 Å². The van der Waals surface area contributed by atoms with Gasteiger partial charge in [0.1, 0.15) is 11.4 Å². The van der Waals surface area contributed by atoms with Crippen LogP contribution < -0.4 is 10.6 Å². The standard InChI is InChI=1S/C20H23FN2O3/c1-20(2,3)26-19(25)22-13-12-14-4-10-17(11-5-14)23-18(24)15-6-8-16(21)9-7-15/h4-11H,12-13H2,1-3H3,(H,22,25)(H,23,24). The van der Waals surface area contributed by atoms with Crippen LogP contribution in [0.1, 0.15) is 36.7 Å². The predicted octanol–water partition coefficient (Wildman–Crippen LogP) is 4.15. The van der Waals surface area contributed by atoms with Crippen LogP contribution in [0.4, 0.5) is 14.9 Å². The van der Waals surface area contributed by atoms with E-state index in [1.54, 1.807) is 12.1 Å². The van der Waals surface area contributed by atoms with Gasteiger partial charge in [0.15, 0.2) is 0 Å². The highest BCUT2D eigenvalue weighted by atomic mass is 19.1. The Hall–Kier alpha value is -2.89. The predicted molar refractivity (Wildman–Crippen MR) is 98.7 cm³/mol. The lowest BCUT2D eigenvalue weighted by Gasteiger charge is -2.19. The van der Waals surface area contributed by atoms with Crippen LogP contribution in [0.15, 0.2) is 48.5 Å². The molecule has 0 aromatic heterocycles. The quantitative estimate of drug-likeness (QED) is 0.844. The van der Waals surface area contributed by atoms with E-state index in [0.29, 0.717) is 24.2 Å². The van der Waals surface area contributed by atoms with Crippen molar-refractivity contribution < 1.29 is 18.7 Å². The molecule has 2 amide bonds. The van der Waals surface area contributed by atoms with E-state index in [2.05, 4.69) is 10.6 Å². The minimum atomic E-state index is -0.519. The van der Waals surface area contributed by atoms with E-state index in [-0.39, 0.29) is 11.7 Å². The highest BCUT2D eigenvalue weighted by Gasteiger charge is 2.15. The number of ether oxygens (including phenoxy) is 1. The number of amides is 2. The van der Waals surface area contributed by atoms with Crippen LogP contribution in [0, 0.1) is 5.82 Å². The number of carbonyl (C=O) groups excluding carboxylic acids is 2. The molecule has 0 aliphatic carbocycles. The second-order valence-corrected chi connectivity index (χ2v) is 6.84. The van der Waals surface area contributed by atoms with Gasteiger partial charge in [-0.3, -0.25) is 4.79 Å².